The van der Waals surface area contributed by atoms with E-state index in [0.29, 0.717) is 0 Å². The number of unbranched alkanes of at least 4 members (excludes halogenated alkanes) is 2. The summed E-state index contributed by atoms with van der Waals surface area (Å²) in [5.41, 5.74) is 0. The van der Waals surface area contributed by atoms with Crippen LogP contribution >= 0.6 is 0 Å². The van der Waals surface area contributed by atoms with E-state index in [1.165, 1.54) is 57.8 Å². The van der Waals surface area contributed by atoms with E-state index in [4.69, 9.17) is 0 Å². The summed E-state index contributed by atoms with van der Waals surface area (Å²) in [6.45, 7) is 4.50. The van der Waals surface area contributed by atoms with E-state index in [9.17, 15) is 0 Å². The van der Waals surface area contributed by atoms with Crippen molar-refractivity contribution in [3.8, 4) is 0 Å². The minimum atomic E-state index is 0.910. The molecule has 2 saturated carbocycles. The van der Waals surface area contributed by atoms with Gasteiger partial charge in [-0.1, -0.05) is 51.2 Å². The molecule has 0 aromatic carbocycles. The third-order valence-electron chi connectivity index (χ3n) is 5.44. The van der Waals surface area contributed by atoms with Crippen LogP contribution in [0, 0.1) is 23.7 Å². The summed E-state index contributed by atoms with van der Waals surface area (Å²) in [5, 5.41) is 0. The van der Waals surface area contributed by atoms with Crippen LogP contribution in [0.3, 0.4) is 0 Å². The van der Waals surface area contributed by atoms with Gasteiger partial charge >= 0.3 is 0 Å². The van der Waals surface area contributed by atoms with Gasteiger partial charge in [-0.3, -0.25) is 0 Å². The second-order valence-corrected chi connectivity index (χ2v) is 6.79. The highest BCUT2D eigenvalue weighted by Gasteiger charge is 2.34. The molecule has 0 bridgehead atoms. The molecule has 0 aromatic heterocycles. The molecule has 0 nitrogen and oxygen atoms in total. The van der Waals surface area contributed by atoms with E-state index >= 15 is 0 Å². The Bertz CT molecular complexity index is 253. The summed E-state index contributed by atoms with van der Waals surface area (Å²) < 4.78 is 0. The Balaban J connectivity index is 1.75. The van der Waals surface area contributed by atoms with Gasteiger partial charge in [-0.05, 0) is 62.7 Å². The lowest BCUT2D eigenvalue weighted by molar-refractivity contribution is 0.106. The topological polar surface area (TPSA) is 0 Å². The molecule has 2 fully saturated rings. The SMILES string of the molecule is CC=CC1CCC2CC(CCCCC)CCC2C1. The number of hydrogen-bond acceptors (Lipinski definition) is 0. The van der Waals surface area contributed by atoms with Crippen LogP contribution in [0.25, 0.3) is 0 Å². The van der Waals surface area contributed by atoms with Gasteiger partial charge in [0.05, 0.1) is 0 Å². The van der Waals surface area contributed by atoms with Crippen molar-refractivity contribution < 1.29 is 0 Å². The van der Waals surface area contributed by atoms with Crippen LogP contribution in [-0.2, 0) is 0 Å². The fraction of sp³-hybridized carbons (Fsp3) is 0.889. The number of allylic oxidation sites excluding steroid dienone is 2. The zero-order chi connectivity index (χ0) is 12.8. The smallest absolute Gasteiger partial charge is 0.0231 e. The Hall–Kier alpha value is -0.260. The maximum Gasteiger partial charge on any atom is -0.0231 e. The van der Waals surface area contributed by atoms with Crippen LogP contribution in [0.2, 0.25) is 0 Å². The molecule has 0 radical (unpaired) electrons. The molecule has 0 heterocycles. The van der Waals surface area contributed by atoms with E-state index < -0.39 is 0 Å². The molecular weight excluding hydrogens is 216 g/mol. The fourth-order valence-corrected chi connectivity index (χ4v) is 4.41. The zero-order valence-electron chi connectivity index (χ0n) is 12.5. The number of rotatable bonds is 5. The number of hydrogen-bond donors (Lipinski definition) is 0. The average molecular weight is 248 g/mol. The lowest BCUT2D eigenvalue weighted by Gasteiger charge is -2.41. The lowest BCUT2D eigenvalue weighted by atomic mass is 9.64. The Labute approximate surface area is 114 Å². The number of fused-ring (bicyclic) bond motifs is 1. The van der Waals surface area contributed by atoms with Gasteiger partial charge < -0.3 is 0 Å². The van der Waals surface area contributed by atoms with Crippen molar-refractivity contribution in [2.24, 2.45) is 23.7 Å². The van der Waals surface area contributed by atoms with Crippen molar-refractivity contribution in [3.05, 3.63) is 12.2 Å². The highest BCUT2D eigenvalue weighted by Crippen LogP contribution is 2.46. The quantitative estimate of drug-likeness (QED) is 0.415. The maximum absolute atomic E-state index is 2.46. The molecule has 0 aromatic rings. The van der Waals surface area contributed by atoms with Crippen LogP contribution < -0.4 is 0 Å². The molecule has 4 atom stereocenters. The molecule has 104 valence electrons. The molecule has 2 aliphatic rings. The van der Waals surface area contributed by atoms with E-state index in [2.05, 4.69) is 26.0 Å². The zero-order valence-corrected chi connectivity index (χ0v) is 12.5. The molecule has 0 spiro atoms. The van der Waals surface area contributed by atoms with Crippen molar-refractivity contribution in [1.29, 1.82) is 0 Å². The van der Waals surface area contributed by atoms with E-state index in [0.717, 1.165) is 23.7 Å². The second kappa shape index (κ2) is 7.36. The molecule has 4 unspecified atom stereocenters. The molecule has 18 heavy (non-hydrogen) atoms. The predicted octanol–water partition coefficient (Wildman–Crippen LogP) is 5.98. The standard InChI is InChI=1S/C18H32/c1-3-5-6-8-16-10-12-17-13-15(7-4-2)9-11-18(17)14-16/h4,7,15-18H,3,5-6,8-14H2,1-2H3. The van der Waals surface area contributed by atoms with Gasteiger partial charge in [-0.15, -0.1) is 0 Å². The molecule has 0 amide bonds. The minimum absolute atomic E-state index is 0.910. The van der Waals surface area contributed by atoms with Crippen molar-refractivity contribution in [2.75, 3.05) is 0 Å². The van der Waals surface area contributed by atoms with Gasteiger partial charge in [0.1, 0.15) is 0 Å². The first-order valence-corrected chi connectivity index (χ1v) is 8.46. The van der Waals surface area contributed by atoms with Crippen LogP contribution in [0.5, 0.6) is 0 Å². The van der Waals surface area contributed by atoms with Gasteiger partial charge in [0.25, 0.3) is 0 Å². The largest absolute Gasteiger partial charge is 0.0914 e. The Morgan fingerprint density at radius 2 is 1.72 bits per heavy atom. The van der Waals surface area contributed by atoms with Gasteiger partial charge in [-0.25, -0.2) is 0 Å². The van der Waals surface area contributed by atoms with E-state index in [1.807, 2.05) is 0 Å². The summed E-state index contributed by atoms with van der Waals surface area (Å²) in [7, 11) is 0. The van der Waals surface area contributed by atoms with Gasteiger partial charge in [0.15, 0.2) is 0 Å². The molecular formula is C18H32. The fourth-order valence-electron chi connectivity index (χ4n) is 4.41. The normalized spacial score (nSPS) is 36.8. The predicted molar refractivity (Wildman–Crippen MR) is 80.6 cm³/mol. The van der Waals surface area contributed by atoms with Gasteiger partial charge in [0.2, 0.25) is 0 Å². The monoisotopic (exact) mass is 248 g/mol. The van der Waals surface area contributed by atoms with Crippen LogP contribution in [-0.4, -0.2) is 0 Å². The average Bonchev–Trinajstić information content (AvgIpc) is 2.39. The van der Waals surface area contributed by atoms with Crippen molar-refractivity contribution in [3.63, 3.8) is 0 Å². The first-order valence-electron chi connectivity index (χ1n) is 8.46. The van der Waals surface area contributed by atoms with Gasteiger partial charge in [-0.2, -0.15) is 0 Å². The third kappa shape index (κ3) is 3.87. The first kappa shape index (κ1) is 14.2. The summed E-state index contributed by atoms with van der Waals surface area (Å²) in [5.74, 6) is 4.15. The van der Waals surface area contributed by atoms with Crippen LogP contribution in [0.15, 0.2) is 12.2 Å². The molecule has 0 heteroatoms. The van der Waals surface area contributed by atoms with Crippen LogP contribution in [0.1, 0.15) is 78.1 Å². The Morgan fingerprint density at radius 3 is 2.50 bits per heavy atom. The molecule has 2 rings (SSSR count). The maximum atomic E-state index is 2.46. The molecule has 2 aliphatic carbocycles. The molecule has 0 aliphatic heterocycles. The Morgan fingerprint density at radius 1 is 0.944 bits per heavy atom. The van der Waals surface area contributed by atoms with E-state index in [1.54, 1.807) is 6.42 Å². The first-order chi connectivity index (χ1) is 8.83. The van der Waals surface area contributed by atoms with Crippen molar-refractivity contribution in [2.45, 2.75) is 78.1 Å². The Kier molecular flexibility index (Phi) is 5.79. The summed E-state index contributed by atoms with van der Waals surface area (Å²) >= 11 is 0. The second-order valence-electron chi connectivity index (χ2n) is 6.79. The third-order valence-corrected chi connectivity index (χ3v) is 5.44. The van der Waals surface area contributed by atoms with Crippen molar-refractivity contribution >= 4 is 0 Å². The van der Waals surface area contributed by atoms with E-state index in [-0.39, 0.29) is 0 Å². The summed E-state index contributed by atoms with van der Waals surface area (Å²) in [4.78, 5) is 0. The highest BCUT2D eigenvalue weighted by molar-refractivity contribution is 4.93. The molecule has 0 saturated heterocycles. The van der Waals surface area contributed by atoms with Crippen LogP contribution in [0.4, 0.5) is 0 Å². The summed E-state index contributed by atoms with van der Waals surface area (Å²) in [6, 6.07) is 0. The molecule has 0 N–H and O–H groups in total. The highest BCUT2D eigenvalue weighted by atomic mass is 14.4. The van der Waals surface area contributed by atoms with Gasteiger partial charge in [0, 0.05) is 0 Å². The summed E-state index contributed by atoms with van der Waals surface area (Å²) in [6.07, 6.45) is 19.7. The minimum Gasteiger partial charge on any atom is -0.0914 e. The van der Waals surface area contributed by atoms with Crippen molar-refractivity contribution in [1.82, 2.24) is 0 Å². The lowest BCUT2D eigenvalue weighted by Crippen LogP contribution is -2.30.